The lowest BCUT2D eigenvalue weighted by Gasteiger charge is -2.11. The fourth-order valence-electron chi connectivity index (χ4n) is 3.01. The Kier molecular flexibility index (Phi) is 13.8. The predicted octanol–water partition coefficient (Wildman–Crippen LogP) is 3.10. The number of unbranched alkanes of at least 4 members (excludes halogenated alkanes) is 7. The van der Waals surface area contributed by atoms with Crippen molar-refractivity contribution < 1.29 is 9.59 Å². The second-order valence-electron chi connectivity index (χ2n) is 7.44. The molecule has 1 aromatic carbocycles. The standard InChI is InChI=1S/C23H39N5O2/c1-3-5-6-7-8-9-10-11-16-26-23(25-4-2)28-17-19-12-14-20(15-13-19)22(30)27-18-21(24)29/h12-15H,3-11,16-18H2,1-2H3,(H2,24,29)(H,27,30)(H2,25,26,28). The van der Waals surface area contributed by atoms with Crippen LogP contribution in [-0.4, -0.2) is 37.4 Å². The van der Waals surface area contributed by atoms with Crippen LogP contribution in [0, 0.1) is 0 Å². The van der Waals surface area contributed by atoms with E-state index >= 15 is 0 Å². The van der Waals surface area contributed by atoms with Crippen molar-refractivity contribution in [2.24, 2.45) is 10.7 Å². The van der Waals surface area contributed by atoms with E-state index in [0.717, 1.165) is 31.0 Å². The first-order chi connectivity index (χ1) is 14.6. The van der Waals surface area contributed by atoms with Crippen molar-refractivity contribution in [1.82, 2.24) is 16.0 Å². The van der Waals surface area contributed by atoms with E-state index in [1.54, 1.807) is 12.1 Å². The molecule has 0 fully saturated rings. The van der Waals surface area contributed by atoms with Gasteiger partial charge in [0.2, 0.25) is 5.91 Å². The van der Waals surface area contributed by atoms with Crippen molar-refractivity contribution >= 4 is 17.8 Å². The van der Waals surface area contributed by atoms with Gasteiger partial charge in [0.15, 0.2) is 5.96 Å². The maximum Gasteiger partial charge on any atom is 0.251 e. The van der Waals surface area contributed by atoms with Gasteiger partial charge in [-0.15, -0.1) is 0 Å². The first kappa shape index (κ1) is 25.5. The quantitative estimate of drug-likeness (QED) is 0.200. The molecule has 0 saturated carbocycles. The smallest absolute Gasteiger partial charge is 0.251 e. The van der Waals surface area contributed by atoms with Crippen molar-refractivity contribution in [1.29, 1.82) is 0 Å². The van der Waals surface area contributed by atoms with Crippen molar-refractivity contribution in [2.75, 3.05) is 19.6 Å². The number of benzene rings is 1. The maximum absolute atomic E-state index is 11.9. The average Bonchev–Trinajstić information content (AvgIpc) is 2.74. The molecule has 0 spiro atoms. The number of rotatable bonds is 15. The highest BCUT2D eigenvalue weighted by molar-refractivity contribution is 5.96. The summed E-state index contributed by atoms with van der Waals surface area (Å²) in [6, 6.07) is 7.18. The van der Waals surface area contributed by atoms with Crippen LogP contribution in [0.15, 0.2) is 29.3 Å². The number of nitrogens with one attached hydrogen (secondary N) is 3. The van der Waals surface area contributed by atoms with E-state index in [4.69, 9.17) is 5.73 Å². The zero-order valence-electron chi connectivity index (χ0n) is 18.6. The number of guanidine groups is 1. The first-order valence-electron chi connectivity index (χ1n) is 11.2. The molecule has 1 rings (SSSR count). The Hall–Kier alpha value is -2.57. The van der Waals surface area contributed by atoms with Crippen LogP contribution in [0.2, 0.25) is 0 Å². The van der Waals surface area contributed by atoms with E-state index in [1.165, 1.54) is 44.9 Å². The van der Waals surface area contributed by atoms with E-state index in [-0.39, 0.29) is 12.5 Å². The fourth-order valence-corrected chi connectivity index (χ4v) is 3.01. The van der Waals surface area contributed by atoms with Gasteiger partial charge in [-0.1, -0.05) is 64.0 Å². The van der Waals surface area contributed by atoms with Crippen molar-refractivity contribution in [3.8, 4) is 0 Å². The lowest BCUT2D eigenvalue weighted by Crippen LogP contribution is -2.37. The van der Waals surface area contributed by atoms with Gasteiger partial charge >= 0.3 is 0 Å². The Balaban J connectivity index is 2.35. The number of carbonyl (C=O) groups excluding carboxylic acids is 2. The number of nitrogens with zero attached hydrogens (tertiary/aromatic N) is 1. The SMILES string of the molecule is CCCCCCCCCCNC(=NCc1ccc(C(=O)NCC(N)=O)cc1)NCC. The minimum absolute atomic E-state index is 0.165. The summed E-state index contributed by atoms with van der Waals surface area (Å²) >= 11 is 0. The second kappa shape index (κ2) is 16.3. The summed E-state index contributed by atoms with van der Waals surface area (Å²) in [7, 11) is 0. The summed E-state index contributed by atoms with van der Waals surface area (Å²) in [5, 5.41) is 9.13. The molecule has 0 radical (unpaired) electrons. The minimum Gasteiger partial charge on any atom is -0.368 e. The van der Waals surface area contributed by atoms with Gasteiger partial charge in [0.25, 0.3) is 5.91 Å². The molecule has 168 valence electrons. The Morgan fingerprint density at radius 2 is 1.50 bits per heavy atom. The molecule has 7 nitrogen and oxygen atoms in total. The molecule has 0 aliphatic heterocycles. The van der Waals surface area contributed by atoms with Gasteiger partial charge in [0.05, 0.1) is 13.1 Å². The predicted molar refractivity (Wildman–Crippen MR) is 123 cm³/mol. The molecule has 7 heteroatoms. The number of amides is 2. The molecule has 30 heavy (non-hydrogen) atoms. The number of hydrogen-bond donors (Lipinski definition) is 4. The number of hydrogen-bond acceptors (Lipinski definition) is 3. The Morgan fingerprint density at radius 1 is 0.867 bits per heavy atom. The molecule has 2 amide bonds. The molecule has 0 heterocycles. The number of aliphatic imine (C=N–C) groups is 1. The van der Waals surface area contributed by atoms with E-state index in [9.17, 15) is 9.59 Å². The fraction of sp³-hybridized carbons (Fsp3) is 0.609. The van der Waals surface area contributed by atoms with Crippen LogP contribution < -0.4 is 21.7 Å². The molecule has 0 aliphatic rings. The molecule has 0 saturated heterocycles. The third-order valence-electron chi connectivity index (χ3n) is 4.73. The van der Waals surface area contributed by atoms with Gasteiger partial charge in [0.1, 0.15) is 0 Å². The summed E-state index contributed by atoms with van der Waals surface area (Å²) in [5.74, 6) is -0.0716. The number of carbonyl (C=O) groups is 2. The third kappa shape index (κ3) is 12.1. The van der Waals surface area contributed by atoms with Crippen molar-refractivity contribution in [2.45, 2.75) is 71.8 Å². The van der Waals surface area contributed by atoms with Gasteiger partial charge in [-0.05, 0) is 31.0 Å². The minimum atomic E-state index is -0.565. The summed E-state index contributed by atoms with van der Waals surface area (Å²) in [5.41, 5.74) is 6.53. The zero-order chi connectivity index (χ0) is 22.0. The topological polar surface area (TPSA) is 109 Å². The van der Waals surface area contributed by atoms with E-state index in [0.29, 0.717) is 12.1 Å². The van der Waals surface area contributed by atoms with Crippen LogP contribution in [0.1, 0.15) is 81.1 Å². The highest BCUT2D eigenvalue weighted by atomic mass is 16.2. The molecule has 1 aromatic rings. The van der Waals surface area contributed by atoms with Crippen LogP contribution >= 0.6 is 0 Å². The summed E-state index contributed by atoms with van der Waals surface area (Å²) in [4.78, 5) is 27.3. The first-order valence-corrected chi connectivity index (χ1v) is 11.2. The number of nitrogens with two attached hydrogens (primary N) is 1. The Morgan fingerprint density at radius 3 is 2.10 bits per heavy atom. The number of primary amides is 1. The second-order valence-corrected chi connectivity index (χ2v) is 7.44. The summed E-state index contributed by atoms with van der Waals surface area (Å²) < 4.78 is 0. The molecular formula is C23H39N5O2. The van der Waals surface area contributed by atoms with E-state index < -0.39 is 5.91 Å². The molecule has 0 bridgehead atoms. The van der Waals surface area contributed by atoms with E-state index in [2.05, 4.69) is 27.9 Å². The normalized spacial score (nSPS) is 11.2. The summed E-state index contributed by atoms with van der Waals surface area (Å²) in [6.07, 6.45) is 10.4. The average molecular weight is 418 g/mol. The maximum atomic E-state index is 11.9. The molecule has 5 N–H and O–H groups in total. The molecular weight excluding hydrogens is 378 g/mol. The monoisotopic (exact) mass is 417 g/mol. The van der Waals surface area contributed by atoms with Gasteiger partial charge in [-0.3, -0.25) is 9.59 Å². The van der Waals surface area contributed by atoms with Gasteiger partial charge < -0.3 is 21.7 Å². The molecule has 0 unspecified atom stereocenters. The third-order valence-corrected chi connectivity index (χ3v) is 4.73. The zero-order valence-corrected chi connectivity index (χ0v) is 18.6. The Bertz CT molecular complexity index is 643. The van der Waals surface area contributed by atoms with Crippen LogP contribution in [0.25, 0.3) is 0 Å². The van der Waals surface area contributed by atoms with Crippen LogP contribution in [-0.2, 0) is 11.3 Å². The highest BCUT2D eigenvalue weighted by Gasteiger charge is 2.06. The van der Waals surface area contributed by atoms with Crippen LogP contribution in [0.5, 0.6) is 0 Å². The molecule has 0 aliphatic carbocycles. The van der Waals surface area contributed by atoms with Gasteiger partial charge in [-0.25, -0.2) is 4.99 Å². The van der Waals surface area contributed by atoms with Gasteiger partial charge in [-0.2, -0.15) is 0 Å². The lowest BCUT2D eigenvalue weighted by atomic mass is 10.1. The highest BCUT2D eigenvalue weighted by Crippen LogP contribution is 2.08. The van der Waals surface area contributed by atoms with Gasteiger partial charge in [0, 0.05) is 18.7 Å². The van der Waals surface area contributed by atoms with E-state index in [1.807, 2.05) is 19.1 Å². The molecule has 0 atom stereocenters. The molecule has 0 aromatic heterocycles. The lowest BCUT2D eigenvalue weighted by molar-refractivity contribution is -0.117. The summed E-state index contributed by atoms with van der Waals surface area (Å²) in [6.45, 7) is 6.38. The van der Waals surface area contributed by atoms with Crippen molar-refractivity contribution in [3.05, 3.63) is 35.4 Å². The largest absolute Gasteiger partial charge is 0.368 e. The van der Waals surface area contributed by atoms with Crippen LogP contribution in [0.4, 0.5) is 0 Å². The Labute approximate surface area is 181 Å². The van der Waals surface area contributed by atoms with Crippen LogP contribution in [0.3, 0.4) is 0 Å². The van der Waals surface area contributed by atoms with Crippen molar-refractivity contribution in [3.63, 3.8) is 0 Å².